The van der Waals surface area contributed by atoms with Crippen molar-refractivity contribution in [3.63, 3.8) is 0 Å². The Morgan fingerprint density at radius 1 is 1.29 bits per heavy atom. The molecular weight excluding hydrogens is 268 g/mol. The van der Waals surface area contributed by atoms with Gasteiger partial charge in [0.05, 0.1) is 18.8 Å². The van der Waals surface area contributed by atoms with Crippen LogP contribution in [0, 0.1) is 6.92 Å². The molecule has 0 fully saturated rings. The van der Waals surface area contributed by atoms with E-state index in [9.17, 15) is 4.79 Å². The van der Waals surface area contributed by atoms with Gasteiger partial charge in [-0.2, -0.15) is 5.10 Å². The Balaban J connectivity index is 2.44. The van der Waals surface area contributed by atoms with Gasteiger partial charge in [0.1, 0.15) is 5.75 Å². The summed E-state index contributed by atoms with van der Waals surface area (Å²) in [6, 6.07) is 7.61. The summed E-state index contributed by atoms with van der Waals surface area (Å²) < 4.78 is 12.3. The van der Waals surface area contributed by atoms with Gasteiger partial charge in [-0.25, -0.2) is 9.48 Å². The third-order valence-electron chi connectivity index (χ3n) is 2.97. The van der Waals surface area contributed by atoms with Gasteiger partial charge in [0.25, 0.3) is 0 Å². The van der Waals surface area contributed by atoms with E-state index in [-0.39, 0.29) is 5.54 Å². The number of carbonyl (C=O) groups is 1. The fourth-order valence-electron chi connectivity index (χ4n) is 2.01. The average Bonchev–Trinajstić information content (AvgIpc) is 2.81. The van der Waals surface area contributed by atoms with Crippen molar-refractivity contribution < 1.29 is 14.3 Å². The highest BCUT2D eigenvalue weighted by molar-refractivity contribution is 5.90. The van der Waals surface area contributed by atoms with Crippen molar-refractivity contribution >= 4 is 5.97 Å². The Labute approximate surface area is 124 Å². The normalized spacial score (nSPS) is 11.3. The van der Waals surface area contributed by atoms with E-state index in [1.807, 2.05) is 52.0 Å². The molecule has 21 heavy (non-hydrogen) atoms. The predicted octanol–water partition coefficient (Wildman–Crippen LogP) is 3.53. The molecule has 0 saturated carbocycles. The van der Waals surface area contributed by atoms with Crippen molar-refractivity contribution in [1.29, 1.82) is 0 Å². The topological polar surface area (TPSA) is 53.4 Å². The van der Waals surface area contributed by atoms with E-state index in [4.69, 9.17) is 9.47 Å². The predicted molar refractivity (Wildman–Crippen MR) is 79.8 cm³/mol. The number of aromatic nitrogens is 2. The van der Waals surface area contributed by atoms with Gasteiger partial charge >= 0.3 is 5.97 Å². The number of hydrogen-bond acceptors (Lipinski definition) is 4. The molecule has 0 aliphatic carbocycles. The molecule has 1 aromatic heterocycles. The fourth-order valence-corrected chi connectivity index (χ4v) is 2.01. The number of carbonyl (C=O) groups excluding carboxylic acids is 1. The minimum Gasteiger partial charge on any atom is -0.464 e. The first-order chi connectivity index (χ1) is 9.82. The molecule has 5 heteroatoms. The van der Waals surface area contributed by atoms with Crippen LogP contribution in [0.4, 0.5) is 0 Å². The molecule has 1 aromatic carbocycles. The standard InChI is InChI=1S/C16H20N2O3/c1-11-7-6-8-12(9-11)21-13-10-17-18(16(2,3)4)14(13)15(19)20-5/h6-10H,1-5H3. The number of esters is 1. The number of benzene rings is 1. The summed E-state index contributed by atoms with van der Waals surface area (Å²) in [4.78, 5) is 12.1. The van der Waals surface area contributed by atoms with Gasteiger partial charge in [0.15, 0.2) is 11.4 Å². The molecule has 0 radical (unpaired) electrons. The minimum absolute atomic E-state index is 0.312. The third-order valence-corrected chi connectivity index (χ3v) is 2.97. The third kappa shape index (κ3) is 3.24. The van der Waals surface area contributed by atoms with E-state index >= 15 is 0 Å². The smallest absolute Gasteiger partial charge is 0.360 e. The molecule has 112 valence electrons. The molecule has 0 aliphatic rings. The average molecular weight is 288 g/mol. The van der Waals surface area contributed by atoms with Crippen LogP contribution in [0.15, 0.2) is 30.5 Å². The summed E-state index contributed by atoms with van der Waals surface area (Å²) in [5.41, 5.74) is 1.04. The van der Waals surface area contributed by atoms with Gasteiger partial charge in [0.2, 0.25) is 0 Å². The summed E-state index contributed by atoms with van der Waals surface area (Å²) in [7, 11) is 1.35. The zero-order chi connectivity index (χ0) is 15.6. The fraction of sp³-hybridized carbons (Fsp3) is 0.375. The lowest BCUT2D eigenvalue weighted by Gasteiger charge is -2.21. The van der Waals surface area contributed by atoms with Crippen LogP contribution >= 0.6 is 0 Å². The monoisotopic (exact) mass is 288 g/mol. The van der Waals surface area contributed by atoms with Crippen LogP contribution in [0.5, 0.6) is 11.5 Å². The largest absolute Gasteiger partial charge is 0.464 e. The number of rotatable bonds is 3. The van der Waals surface area contributed by atoms with E-state index in [0.29, 0.717) is 17.2 Å². The summed E-state index contributed by atoms with van der Waals surface area (Å²) in [6.45, 7) is 7.86. The van der Waals surface area contributed by atoms with Crippen LogP contribution in [-0.4, -0.2) is 22.9 Å². The molecule has 0 atom stereocenters. The molecule has 2 aromatic rings. The minimum atomic E-state index is -0.468. The van der Waals surface area contributed by atoms with Gasteiger partial charge < -0.3 is 9.47 Å². The quantitative estimate of drug-likeness (QED) is 0.811. The molecule has 0 bridgehead atoms. The zero-order valence-corrected chi connectivity index (χ0v) is 13.0. The second-order valence-electron chi connectivity index (χ2n) is 5.85. The maximum atomic E-state index is 12.1. The van der Waals surface area contributed by atoms with Crippen LogP contribution in [0.25, 0.3) is 0 Å². The Hall–Kier alpha value is -2.30. The maximum Gasteiger partial charge on any atom is 0.360 e. The van der Waals surface area contributed by atoms with Gasteiger partial charge in [-0.1, -0.05) is 12.1 Å². The summed E-state index contributed by atoms with van der Waals surface area (Å²) in [5.74, 6) is 0.584. The van der Waals surface area contributed by atoms with Crippen LogP contribution in [0.3, 0.4) is 0 Å². The number of hydrogen-bond donors (Lipinski definition) is 0. The number of nitrogens with zero attached hydrogens (tertiary/aromatic N) is 2. The van der Waals surface area contributed by atoms with Crippen molar-refractivity contribution in [2.75, 3.05) is 7.11 Å². The lowest BCUT2D eigenvalue weighted by molar-refractivity contribution is 0.0575. The number of aryl methyl sites for hydroxylation is 1. The van der Waals surface area contributed by atoms with Gasteiger partial charge in [-0.05, 0) is 45.4 Å². The first-order valence-corrected chi connectivity index (χ1v) is 6.74. The van der Waals surface area contributed by atoms with Crippen molar-refractivity contribution in [2.24, 2.45) is 0 Å². The van der Waals surface area contributed by atoms with Gasteiger partial charge in [-0.15, -0.1) is 0 Å². The SMILES string of the molecule is COC(=O)c1c(Oc2cccc(C)c2)cnn1C(C)(C)C. The van der Waals surface area contributed by atoms with E-state index in [1.165, 1.54) is 7.11 Å². The molecule has 5 nitrogen and oxygen atoms in total. The lowest BCUT2D eigenvalue weighted by Crippen LogP contribution is -2.27. The number of methoxy groups -OCH3 is 1. The van der Waals surface area contributed by atoms with E-state index in [1.54, 1.807) is 10.9 Å². The molecule has 0 spiro atoms. The van der Waals surface area contributed by atoms with E-state index < -0.39 is 5.97 Å². The molecule has 0 aliphatic heterocycles. The van der Waals surface area contributed by atoms with Crippen LogP contribution < -0.4 is 4.74 Å². The highest BCUT2D eigenvalue weighted by atomic mass is 16.5. The second kappa shape index (κ2) is 5.60. The Morgan fingerprint density at radius 3 is 2.57 bits per heavy atom. The Bertz CT molecular complexity index is 654. The summed E-state index contributed by atoms with van der Waals surface area (Å²) in [5, 5.41) is 4.27. The Morgan fingerprint density at radius 2 is 2.00 bits per heavy atom. The van der Waals surface area contributed by atoms with Crippen molar-refractivity contribution in [3.05, 3.63) is 41.7 Å². The highest BCUT2D eigenvalue weighted by Crippen LogP contribution is 2.29. The van der Waals surface area contributed by atoms with E-state index in [2.05, 4.69) is 5.10 Å². The molecule has 1 heterocycles. The van der Waals surface area contributed by atoms with Crippen molar-refractivity contribution in [3.8, 4) is 11.5 Å². The molecular formula is C16H20N2O3. The van der Waals surface area contributed by atoms with Crippen LogP contribution in [0.2, 0.25) is 0 Å². The first kappa shape index (κ1) is 15.1. The van der Waals surface area contributed by atoms with Crippen molar-refractivity contribution in [1.82, 2.24) is 9.78 Å². The maximum absolute atomic E-state index is 12.1. The summed E-state index contributed by atoms with van der Waals surface area (Å²) >= 11 is 0. The second-order valence-corrected chi connectivity index (χ2v) is 5.85. The van der Waals surface area contributed by atoms with Crippen LogP contribution in [0.1, 0.15) is 36.8 Å². The van der Waals surface area contributed by atoms with Gasteiger partial charge in [-0.3, -0.25) is 0 Å². The first-order valence-electron chi connectivity index (χ1n) is 6.74. The van der Waals surface area contributed by atoms with Crippen molar-refractivity contribution in [2.45, 2.75) is 33.2 Å². The molecule has 0 saturated heterocycles. The van der Waals surface area contributed by atoms with Gasteiger partial charge in [0, 0.05) is 0 Å². The Kier molecular flexibility index (Phi) is 4.02. The molecule has 2 rings (SSSR count). The van der Waals surface area contributed by atoms with Crippen LogP contribution in [-0.2, 0) is 10.3 Å². The zero-order valence-electron chi connectivity index (χ0n) is 13.0. The molecule has 0 amide bonds. The van der Waals surface area contributed by atoms with E-state index in [0.717, 1.165) is 5.56 Å². The lowest BCUT2D eigenvalue weighted by atomic mass is 10.1. The number of ether oxygens (including phenoxy) is 2. The highest BCUT2D eigenvalue weighted by Gasteiger charge is 2.27. The molecule has 0 unspecified atom stereocenters. The summed E-state index contributed by atoms with van der Waals surface area (Å²) in [6.07, 6.45) is 1.54. The molecule has 0 N–H and O–H groups in total.